The van der Waals surface area contributed by atoms with Crippen LogP contribution >= 0.6 is 0 Å². The van der Waals surface area contributed by atoms with E-state index in [1.807, 2.05) is 49.4 Å². The van der Waals surface area contributed by atoms with E-state index in [0.717, 1.165) is 48.6 Å². The second-order valence-electron chi connectivity index (χ2n) is 7.41. The Balaban J connectivity index is 1.28. The third-order valence-corrected chi connectivity index (χ3v) is 5.34. The number of phenols is 1. The van der Waals surface area contributed by atoms with Crippen molar-refractivity contribution in [2.75, 3.05) is 37.6 Å². The summed E-state index contributed by atoms with van der Waals surface area (Å²) in [4.78, 5) is 16.1. The van der Waals surface area contributed by atoms with Gasteiger partial charge in [-0.3, -0.25) is 4.79 Å². The van der Waals surface area contributed by atoms with Crippen molar-refractivity contribution in [1.29, 1.82) is 0 Å². The van der Waals surface area contributed by atoms with Crippen LogP contribution in [-0.4, -0.2) is 43.7 Å². The minimum atomic E-state index is -0.155. The van der Waals surface area contributed by atoms with Gasteiger partial charge < -0.3 is 24.6 Å². The van der Waals surface area contributed by atoms with E-state index in [2.05, 4.69) is 10.2 Å². The Bertz CT molecular complexity index is 910. The number of nitrogens with zero attached hydrogens (tertiary/aromatic N) is 1. The molecule has 6 heteroatoms. The number of carbonyl (C=O) groups excluding carboxylic acids is 1. The van der Waals surface area contributed by atoms with Crippen LogP contribution in [0.5, 0.6) is 5.75 Å². The minimum absolute atomic E-state index is 0.0426. The maximum absolute atomic E-state index is 12.5. The number of hydrogen-bond donors (Lipinski definition) is 3. The molecule has 0 unspecified atom stereocenters. The molecule has 1 amide bonds. The van der Waals surface area contributed by atoms with Gasteiger partial charge in [-0.15, -0.1) is 0 Å². The van der Waals surface area contributed by atoms with Gasteiger partial charge in [-0.2, -0.15) is 0 Å². The Hall–Kier alpha value is -2.99. The lowest BCUT2D eigenvalue weighted by Gasteiger charge is -2.33. The maximum Gasteiger partial charge on any atom is 0.275 e. The smallest absolute Gasteiger partial charge is 0.275 e. The number of amides is 1. The minimum Gasteiger partial charge on any atom is -0.508 e. The lowest BCUT2D eigenvalue weighted by atomic mass is 10.2. The Kier molecular flexibility index (Phi) is 5.21. The van der Waals surface area contributed by atoms with Gasteiger partial charge in [-0.05, 0) is 43.3 Å². The van der Waals surface area contributed by atoms with Crippen molar-refractivity contribution in [3.8, 4) is 5.75 Å². The van der Waals surface area contributed by atoms with E-state index in [1.54, 1.807) is 12.1 Å². The molecule has 0 saturated carbocycles. The predicted molar refractivity (Wildman–Crippen MR) is 109 cm³/mol. The van der Waals surface area contributed by atoms with Gasteiger partial charge in [0, 0.05) is 11.1 Å². The second kappa shape index (κ2) is 7.94. The summed E-state index contributed by atoms with van der Waals surface area (Å²) in [6.45, 7) is 6.03. The van der Waals surface area contributed by atoms with Crippen molar-refractivity contribution in [2.24, 2.45) is 0 Å². The van der Waals surface area contributed by atoms with Crippen molar-refractivity contribution in [2.45, 2.75) is 13.0 Å². The Morgan fingerprint density at radius 3 is 2.61 bits per heavy atom. The first kappa shape index (κ1) is 18.4. The molecular formula is C22H26N3O3+. The third kappa shape index (κ3) is 4.12. The van der Waals surface area contributed by atoms with Gasteiger partial charge in [0.05, 0.1) is 32.2 Å². The average Bonchev–Trinajstić information content (AvgIpc) is 3.14. The van der Waals surface area contributed by atoms with Crippen molar-refractivity contribution < 1.29 is 19.2 Å². The first-order valence-electron chi connectivity index (χ1n) is 9.74. The van der Waals surface area contributed by atoms with E-state index in [0.29, 0.717) is 6.54 Å². The molecule has 3 N–H and O–H groups in total. The van der Waals surface area contributed by atoms with Crippen LogP contribution in [-0.2, 0) is 4.79 Å². The molecule has 0 radical (unpaired) electrons. The fraction of sp³-hybridized carbons (Fsp3) is 0.318. The molecule has 6 nitrogen and oxygen atoms in total. The van der Waals surface area contributed by atoms with E-state index in [1.165, 1.54) is 4.90 Å². The molecule has 2 aromatic carbocycles. The highest BCUT2D eigenvalue weighted by atomic mass is 16.3. The maximum atomic E-state index is 12.5. The molecule has 2 heterocycles. The highest BCUT2D eigenvalue weighted by molar-refractivity contribution is 5.79. The van der Waals surface area contributed by atoms with Gasteiger partial charge in [0.1, 0.15) is 17.1 Å². The SMILES string of the molecule is C[C@H](NC(=O)C[NH+]1CCN(c2ccc(O)cc2)CC1)c1cc2ccccc2o1. The van der Waals surface area contributed by atoms with E-state index >= 15 is 0 Å². The number of carbonyl (C=O) groups is 1. The molecule has 1 saturated heterocycles. The summed E-state index contributed by atoms with van der Waals surface area (Å²) >= 11 is 0. The molecule has 28 heavy (non-hydrogen) atoms. The predicted octanol–water partition coefficient (Wildman–Crippen LogP) is 1.72. The van der Waals surface area contributed by atoms with Crippen LogP contribution in [0.3, 0.4) is 0 Å². The van der Waals surface area contributed by atoms with E-state index in [4.69, 9.17) is 4.42 Å². The topological polar surface area (TPSA) is 70.2 Å². The first-order chi connectivity index (χ1) is 13.6. The number of piperazine rings is 1. The van der Waals surface area contributed by atoms with Crippen molar-refractivity contribution in [3.05, 3.63) is 60.4 Å². The summed E-state index contributed by atoms with van der Waals surface area (Å²) in [7, 11) is 0. The van der Waals surface area contributed by atoms with Crippen LogP contribution < -0.4 is 15.1 Å². The van der Waals surface area contributed by atoms with Gasteiger partial charge in [0.25, 0.3) is 5.91 Å². The van der Waals surface area contributed by atoms with E-state index in [-0.39, 0.29) is 17.7 Å². The van der Waals surface area contributed by atoms with Crippen LogP contribution in [0.4, 0.5) is 5.69 Å². The summed E-state index contributed by atoms with van der Waals surface area (Å²) in [6.07, 6.45) is 0. The molecule has 1 fully saturated rings. The van der Waals surface area contributed by atoms with Gasteiger partial charge >= 0.3 is 0 Å². The lowest BCUT2D eigenvalue weighted by molar-refractivity contribution is -0.892. The summed E-state index contributed by atoms with van der Waals surface area (Å²) < 4.78 is 5.85. The summed E-state index contributed by atoms with van der Waals surface area (Å²) in [5.41, 5.74) is 1.95. The number of anilines is 1. The molecule has 146 valence electrons. The Labute approximate surface area is 164 Å². The standard InChI is InChI=1S/C22H25N3O3/c1-16(21-14-17-4-2-3-5-20(17)28-21)23-22(27)15-24-10-12-25(13-11-24)18-6-8-19(26)9-7-18/h2-9,14,16,26H,10-13,15H2,1H3,(H,23,27)/p+1/t16-/m0/s1. The van der Waals surface area contributed by atoms with Crippen molar-refractivity contribution in [3.63, 3.8) is 0 Å². The third-order valence-electron chi connectivity index (χ3n) is 5.34. The fourth-order valence-corrected chi connectivity index (χ4v) is 3.73. The average molecular weight is 380 g/mol. The monoisotopic (exact) mass is 380 g/mol. The van der Waals surface area contributed by atoms with Gasteiger partial charge in [0.15, 0.2) is 6.54 Å². The number of nitrogens with one attached hydrogen (secondary N) is 2. The van der Waals surface area contributed by atoms with Crippen LogP contribution in [0, 0.1) is 0 Å². The quantitative estimate of drug-likeness (QED) is 0.630. The molecule has 0 aliphatic carbocycles. The fourth-order valence-electron chi connectivity index (χ4n) is 3.73. The second-order valence-corrected chi connectivity index (χ2v) is 7.41. The number of furan rings is 1. The first-order valence-corrected chi connectivity index (χ1v) is 9.74. The van der Waals surface area contributed by atoms with E-state index < -0.39 is 0 Å². The number of benzene rings is 2. The summed E-state index contributed by atoms with van der Waals surface area (Å²) in [6, 6.07) is 17.0. The number of phenolic OH excluding ortho intramolecular Hbond substituents is 1. The van der Waals surface area contributed by atoms with E-state index in [9.17, 15) is 9.90 Å². The zero-order valence-electron chi connectivity index (χ0n) is 16.0. The van der Waals surface area contributed by atoms with Crippen molar-refractivity contribution in [1.82, 2.24) is 5.32 Å². The zero-order valence-corrected chi connectivity index (χ0v) is 16.0. The van der Waals surface area contributed by atoms with Gasteiger partial charge in [0.2, 0.25) is 0 Å². The Morgan fingerprint density at radius 1 is 1.18 bits per heavy atom. The highest BCUT2D eigenvalue weighted by Crippen LogP contribution is 2.23. The molecule has 0 bridgehead atoms. The number of quaternary nitrogens is 1. The summed E-state index contributed by atoms with van der Waals surface area (Å²) in [5.74, 6) is 1.10. The molecule has 1 aromatic heterocycles. The lowest BCUT2D eigenvalue weighted by Crippen LogP contribution is -3.15. The molecule has 4 rings (SSSR count). The number of aromatic hydroxyl groups is 1. The molecular weight excluding hydrogens is 354 g/mol. The number of hydrogen-bond acceptors (Lipinski definition) is 4. The number of para-hydroxylation sites is 1. The van der Waals surface area contributed by atoms with Crippen molar-refractivity contribution >= 4 is 22.6 Å². The van der Waals surface area contributed by atoms with Crippen LogP contribution in [0.25, 0.3) is 11.0 Å². The van der Waals surface area contributed by atoms with Crippen LogP contribution in [0.1, 0.15) is 18.7 Å². The summed E-state index contributed by atoms with van der Waals surface area (Å²) in [5, 5.41) is 13.5. The zero-order chi connectivity index (χ0) is 19.5. The molecule has 1 atom stereocenters. The number of rotatable bonds is 5. The van der Waals surface area contributed by atoms with Gasteiger partial charge in [-0.1, -0.05) is 18.2 Å². The largest absolute Gasteiger partial charge is 0.508 e. The Morgan fingerprint density at radius 2 is 1.89 bits per heavy atom. The molecule has 1 aliphatic heterocycles. The molecule has 1 aliphatic rings. The molecule has 3 aromatic rings. The molecule has 0 spiro atoms. The van der Waals surface area contributed by atoms with Crippen LogP contribution in [0.15, 0.2) is 59.0 Å². The highest BCUT2D eigenvalue weighted by Gasteiger charge is 2.23. The van der Waals surface area contributed by atoms with Gasteiger partial charge in [-0.25, -0.2) is 0 Å². The number of fused-ring (bicyclic) bond motifs is 1. The normalized spacial score (nSPS) is 16.2. The van der Waals surface area contributed by atoms with Crippen LogP contribution in [0.2, 0.25) is 0 Å².